The molecule has 0 unspecified atom stereocenters. The van der Waals surface area contributed by atoms with Gasteiger partial charge in [0.2, 0.25) is 4.80 Å². The Bertz CT molecular complexity index is 1660. The smallest absolute Gasteiger partial charge is 0.280 e. The van der Waals surface area contributed by atoms with Crippen LogP contribution < -0.4 is 21.4 Å². The Hall–Kier alpha value is -5.14. The zero-order chi connectivity index (χ0) is 24.9. The lowest BCUT2D eigenvalue weighted by Crippen LogP contribution is -2.32. The van der Waals surface area contributed by atoms with Crippen LogP contribution in [0.3, 0.4) is 0 Å². The van der Waals surface area contributed by atoms with Crippen LogP contribution in [0.25, 0.3) is 22.1 Å². The number of fused-ring (bicyclic) bond motifs is 1. The third kappa shape index (κ3) is 4.59. The highest BCUT2D eigenvalue weighted by atomic mass is 32.1. The highest BCUT2D eigenvalue weighted by Crippen LogP contribution is 2.26. The molecule has 0 fully saturated rings. The molecule has 1 amide bonds. The number of benzene rings is 3. The average Bonchev–Trinajstić information content (AvgIpc) is 3.44. The lowest BCUT2D eigenvalue weighted by atomic mass is 10.1. The van der Waals surface area contributed by atoms with E-state index in [0.717, 1.165) is 16.9 Å². The number of rotatable bonds is 6. The maximum Gasteiger partial charge on any atom is 0.280 e. The van der Waals surface area contributed by atoms with Crippen LogP contribution in [0.15, 0.2) is 102 Å². The van der Waals surface area contributed by atoms with Crippen LogP contribution in [0, 0.1) is 11.3 Å². The van der Waals surface area contributed by atoms with Crippen LogP contribution in [0.4, 0.5) is 11.5 Å². The van der Waals surface area contributed by atoms with Crippen LogP contribution in [0.5, 0.6) is 0 Å². The lowest BCUT2D eigenvalue weighted by molar-refractivity contribution is -0.113. The molecule has 10 heteroatoms. The van der Waals surface area contributed by atoms with E-state index in [9.17, 15) is 10.1 Å². The molecular weight excluding hydrogens is 472 g/mol. The van der Waals surface area contributed by atoms with Crippen LogP contribution in [-0.2, 0) is 4.79 Å². The van der Waals surface area contributed by atoms with Gasteiger partial charge in [0.15, 0.2) is 11.5 Å². The Morgan fingerprint density at radius 3 is 2.31 bits per heavy atom. The van der Waals surface area contributed by atoms with Crippen molar-refractivity contribution in [1.82, 2.24) is 14.5 Å². The molecule has 0 spiro atoms. The Morgan fingerprint density at radius 1 is 1.00 bits per heavy atom. The molecule has 0 saturated carbocycles. The van der Waals surface area contributed by atoms with Crippen molar-refractivity contribution in [3.05, 3.63) is 107 Å². The number of carbonyl (C=O) groups is 1. The van der Waals surface area contributed by atoms with Gasteiger partial charge in [-0.05, 0) is 35.9 Å². The van der Waals surface area contributed by atoms with Gasteiger partial charge < -0.3 is 5.73 Å². The normalized spacial score (nSPS) is 11.9. The fourth-order valence-electron chi connectivity index (χ4n) is 3.51. The third-order valence-corrected chi connectivity index (χ3v) is 6.24. The Balaban J connectivity index is 1.63. The predicted octanol–water partition coefficient (Wildman–Crippen LogP) is 4.08. The molecule has 2 aromatic heterocycles. The number of amides is 1. The van der Waals surface area contributed by atoms with E-state index in [1.54, 1.807) is 4.68 Å². The molecule has 0 aliphatic carbocycles. The number of nitrogens with one attached hydrogen (secondary N) is 2. The highest BCUT2D eigenvalue weighted by molar-refractivity contribution is 7.17. The van der Waals surface area contributed by atoms with Gasteiger partial charge in [0, 0.05) is 0 Å². The van der Waals surface area contributed by atoms with E-state index < -0.39 is 5.91 Å². The number of nitrogen functional groups attached to an aromatic ring is 1. The fourth-order valence-corrected chi connectivity index (χ4v) is 4.42. The molecule has 0 radical (unpaired) electrons. The SMILES string of the molecule is N#C/C(=C\c1ccccc1)C(=O)Nn1/c(=N/Nc2ccccc2)sc2c(N)nn(-c3ccccc3)c21. The zero-order valence-corrected chi connectivity index (χ0v) is 19.7. The number of hydrogen-bond donors (Lipinski definition) is 3. The van der Waals surface area contributed by atoms with E-state index >= 15 is 0 Å². The molecule has 36 heavy (non-hydrogen) atoms. The van der Waals surface area contributed by atoms with Gasteiger partial charge >= 0.3 is 0 Å². The standard InChI is InChI=1S/C26H20N8OS/c27-17-19(16-18-10-4-1-5-11-18)24(35)32-34-25-22(23(28)31-33(25)21-14-8-3-9-15-21)36-26(34)30-29-20-12-6-2-7-13-20/h1-16,29H,(H2,28,31)(H,32,35)/b19-16+,30-26-. The van der Waals surface area contributed by atoms with Crippen LogP contribution in [-0.4, -0.2) is 20.4 Å². The summed E-state index contributed by atoms with van der Waals surface area (Å²) < 4.78 is 3.76. The molecule has 4 N–H and O–H groups in total. The molecule has 5 aromatic rings. The summed E-state index contributed by atoms with van der Waals surface area (Å²) in [6.45, 7) is 0. The average molecular weight is 493 g/mol. The monoisotopic (exact) mass is 492 g/mol. The van der Waals surface area contributed by atoms with Crippen LogP contribution in [0.2, 0.25) is 0 Å². The minimum atomic E-state index is -0.596. The first-order valence-electron chi connectivity index (χ1n) is 10.9. The topological polar surface area (TPSA) is 126 Å². The van der Waals surface area contributed by atoms with Gasteiger partial charge in [0.1, 0.15) is 16.3 Å². The van der Waals surface area contributed by atoms with E-state index in [4.69, 9.17) is 5.73 Å². The largest absolute Gasteiger partial charge is 0.381 e. The second kappa shape index (κ2) is 10.0. The number of para-hydroxylation sites is 2. The first-order chi connectivity index (χ1) is 17.6. The minimum Gasteiger partial charge on any atom is -0.381 e. The van der Waals surface area contributed by atoms with Crippen molar-refractivity contribution in [2.45, 2.75) is 0 Å². The van der Waals surface area contributed by atoms with Crippen molar-refractivity contribution in [2.75, 3.05) is 16.6 Å². The molecule has 9 nitrogen and oxygen atoms in total. The fraction of sp³-hybridized carbons (Fsp3) is 0. The summed E-state index contributed by atoms with van der Waals surface area (Å²) in [7, 11) is 0. The van der Waals surface area contributed by atoms with E-state index in [-0.39, 0.29) is 5.57 Å². The van der Waals surface area contributed by atoms with Crippen molar-refractivity contribution in [3.8, 4) is 11.8 Å². The number of nitrogens with zero attached hydrogens (tertiary/aromatic N) is 5. The Kier molecular flexibility index (Phi) is 6.29. The second-order valence-corrected chi connectivity index (χ2v) is 8.59. The second-order valence-electron chi connectivity index (χ2n) is 7.62. The summed E-state index contributed by atoms with van der Waals surface area (Å²) in [6.07, 6.45) is 1.53. The van der Waals surface area contributed by atoms with Crippen molar-refractivity contribution in [3.63, 3.8) is 0 Å². The molecule has 3 aromatic carbocycles. The molecule has 176 valence electrons. The van der Waals surface area contributed by atoms with Crippen molar-refractivity contribution in [1.29, 1.82) is 5.26 Å². The molecule has 0 aliphatic heterocycles. The molecule has 0 atom stereocenters. The number of carbonyl (C=O) groups excluding carboxylic acids is 1. The van der Waals surface area contributed by atoms with Gasteiger partial charge in [-0.1, -0.05) is 78.1 Å². The summed E-state index contributed by atoms with van der Waals surface area (Å²) in [5.74, 6) is -0.301. The van der Waals surface area contributed by atoms with E-state index in [1.165, 1.54) is 22.1 Å². The molecule has 0 saturated heterocycles. The number of thiazole rings is 1. The Morgan fingerprint density at radius 2 is 1.64 bits per heavy atom. The molecular formula is C26H20N8OS. The number of hydrogen-bond acceptors (Lipinski definition) is 7. The molecule has 2 heterocycles. The molecule has 5 rings (SSSR count). The maximum absolute atomic E-state index is 13.2. The zero-order valence-electron chi connectivity index (χ0n) is 18.9. The van der Waals surface area contributed by atoms with Gasteiger partial charge in [-0.25, -0.2) is 9.36 Å². The van der Waals surface area contributed by atoms with E-state index in [1.807, 2.05) is 97.1 Å². The first-order valence-corrected chi connectivity index (χ1v) is 11.7. The summed E-state index contributed by atoms with van der Waals surface area (Å²) in [5, 5.41) is 18.7. The summed E-state index contributed by atoms with van der Waals surface area (Å²) in [6, 6.07) is 30.0. The van der Waals surface area contributed by atoms with Gasteiger partial charge in [-0.2, -0.15) is 5.26 Å². The van der Waals surface area contributed by atoms with Crippen LogP contribution >= 0.6 is 11.3 Å². The number of nitrogens with two attached hydrogens (primary N) is 1. The van der Waals surface area contributed by atoms with E-state index in [0.29, 0.717) is 21.0 Å². The number of anilines is 2. The molecule has 0 bridgehead atoms. The molecule has 0 aliphatic rings. The lowest BCUT2D eigenvalue weighted by Gasteiger charge is -2.10. The number of aromatic nitrogens is 3. The highest BCUT2D eigenvalue weighted by Gasteiger charge is 2.20. The Labute approximate surface area is 210 Å². The number of nitriles is 1. The van der Waals surface area contributed by atoms with Gasteiger partial charge in [-0.15, -0.1) is 10.2 Å². The van der Waals surface area contributed by atoms with Crippen molar-refractivity contribution in [2.24, 2.45) is 5.10 Å². The van der Waals surface area contributed by atoms with Crippen molar-refractivity contribution < 1.29 is 4.79 Å². The van der Waals surface area contributed by atoms with Gasteiger partial charge in [-0.3, -0.25) is 15.6 Å². The van der Waals surface area contributed by atoms with Crippen molar-refractivity contribution >= 4 is 45.2 Å². The summed E-state index contributed by atoms with van der Waals surface area (Å²) >= 11 is 1.26. The summed E-state index contributed by atoms with van der Waals surface area (Å²) in [4.78, 5) is 13.6. The van der Waals surface area contributed by atoms with Gasteiger partial charge in [0.05, 0.1) is 11.4 Å². The quantitative estimate of drug-likeness (QED) is 0.187. The third-order valence-electron chi connectivity index (χ3n) is 5.18. The maximum atomic E-state index is 13.2. The minimum absolute atomic E-state index is 0.0613. The first kappa shape index (κ1) is 22.6. The predicted molar refractivity (Wildman–Crippen MR) is 141 cm³/mol. The van der Waals surface area contributed by atoms with E-state index in [2.05, 4.69) is 21.1 Å². The van der Waals surface area contributed by atoms with Gasteiger partial charge in [0.25, 0.3) is 5.91 Å². The van der Waals surface area contributed by atoms with Crippen LogP contribution in [0.1, 0.15) is 5.56 Å². The summed E-state index contributed by atoms with van der Waals surface area (Å²) in [5.41, 5.74) is 14.8.